The van der Waals surface area contributed by atoms with Gasteiger partial charge < -0.3 is 15.7 Å². The molecular formula is C23H23ClFN3O2. The molecule has 0 fully saturated rings. The smallest absolute Gasteiger partial charge is 0.255 e. The number of carbonyl (C=O) groups is 1. The maximum Gasteiger partial charge on any atom is 0.255 e. The SMILES string of the molecule is CC(C)(O)c1ccc(CCNc2cc(C(=O)Nc3ccc(F)c(Cl)c3)ccn2)cc1. The fraction of sp³-hybridized carbons (Fsp3) is 0.217. The van der Waals surface area contributed by atoms with Crippen molar-refractivity contribution < 1.29 is 14.3 Å². The number of rotatable bonds is 7. The monoisotopic (exact) mass is 427 g/mol. The Morgan fingerprint density at radius 2 is 1.87 bits per heavy atom. The third kappa shape index (κ3) is 5.78. The van der Waals surface area contributed by atoms with E-state index in [9.17, 15) is 14.3 Å². The predicted molar refractivity (Wildman–Crippen MR) is 117 cm³/mol. The quantitative estimate of drug-likeness (QED) is 0.495. The van der Waals surface area contributed by atoms with Gasteiger partial charge in [0.1, 0.15) is 11.6 Å². The van der Waals surface area contributed by atoms with Crippen LogP contribution in [-0.4, -0.2) is 22.5 Å². The third-order valence-corrected chi connectivity index (χ3v) is 4.87. The van der Waals surface area contributed by atoms with Crippen LogP contribution in [0.1, 0.15) is 35.3 Å². The van der Waals surface area contributed by atoms with Crippen LogP contribution < -0.4 is 10.6 Å². The Morgan fingerprint density at radius 1 is 1.13 bits per heavy atom. The highest BCUT2D eigenvalue weighted by Crippen LogP contribution is 2.21. The highest BCUT2D eigenvalue weighted by atomic mass is 35.5. The summed E-state index contributed by atoms with van der Waals surface area (Å²) in [6.45, 7) is 4.14. The van der Waals surface area contributed by atoms with Gasteiger partial charge in [-0.15, -0.1) is 0 Å². The molecule has 0 unspecified atom stereocenters. The van der Waals surface area contributed by atoms with Gasteiger partial charge in [-0.1, -0.05) is 35.9 Å². The zero-order valence-electron chi connectivity index (χ0n) is 16.7. The molecule has 7 heteroatoms. The minimum atomic E-state index is -0.860. The zero-order chi connectivity index (χ0) is 21.7. The molecule has 1 heterocycles. The number of anilines is 2. The van der Waals surface area contributed by atoms with E-state index in [2.05, 4.69) is 15.6 Å². The van der Waals surface area contributed by atoms with Gasteiger partial charge in [0.25, 0.3) is 5.91 Å². The van der Waals surface area contributed by atoms with E-state index in [0.29, 0.717) is 23.6 Å². The Morgan fingerprint density at radius 3 is 2.53 bits per heavy atom. The highest BCUT2D eigenvalue weighted by molar-refractivity contribution is 6.31. The molecule has 3 rings (SSSR count). The van der Waals surface area contributed by atoms with Crippen molar-refractivity contribution in [1.29, 1.82) is 0 Å². The van der Waals surface area contributed by atoms with Crippen molar-refractivity contribution in [3.63, 3.8) is 0 Å². The van der Waals surface area contributed by atoms with E-state index < -0.39 is 11.4 Å². The summed E-state index contributed by atoms with van der Waals surface area (Å²) in [4.78, 5) is 16.7. The summed E-state index contributed by atoms with van der Waals surface area (Å²) in [6.07, 6.45) is 2.31. The van der Waals surface area contributed by atoms with Gasteiger partial charge in [-0.05, 0) is 61.7 Å². The second kappa shape index (κ2) is 9.24. The molecule has 0 aliphatic rings. The average molecular weight is 428 g/mol. The van der Waals surface area contributed by atoms with E-state index in [1.54, 1.807) is 32.2 Å². The van der Waals surface area contributed by atoms with Crippen molar-refractivity contribution in [3.8, 4) is 0 Å². The summed E-state index contributed by atoms with van der Waals surface area (Å²) in [5, 5.41) is 15.9. The van der Waals surface area contributed by atoms with Gasteiger partial charge in [-0.3, -0.25) is 4.79 Å². The molecule has 3 aromatic rings. The van der Waals surface area contributed by atoms with E-state index in [1.807, 2.05) is 24.3 Å². The molecule has 156 valence electrons. The number of aromatic nitrogens is 1. The maximum absolute atomic E-state index is 13.3. The Kier molecular flexibility index (Phi) is 6.70. The van der Waals surface area contributed by atoms with Crippen molar-refractivity contribution in [1.82, 2.24) is 4.98 Å². The predicted octanol–water partition coefficient (Wildman–Crippen LogP) is 5.01. The standard InChI is InChI=1S/C23H23ClFN3O2/c1-23(2,30)17-5-3-15(4-6-17)9-11-26-21-13-16(10-12-27-21)22(29)28-18-7-8-20(25)19(24)14-18/h3-8,10,12-14,30H,9,11H2,1-2H3,(H,26,27)(H,28,29). The molecule has 3 N–H and O–H groups in total. The van der Waals surface area contributed by atoms with Crippen molar-refractivity contribution in [2.24, 2.45) is 0 Å². The minimum absolute atomic E-state index is 0.0551. The number of nitrogens with one attached hydrogen (secondary N) is 2. The summed E-state index contributed by atoms with van der Waals surface area (Å²) < 4.78 is 13.3. The zero-order valence-corrected chi connectivity index (χ0v) is 17.5. The van der Waals surface area contributed by atoms with Crippen LogP contribution in [0.25, 0.3) is 0 Å². The van der Waals surface area contributed by atoms with Crippen molar-refractivity contribution in [3.05, 3.63) is 88.3 Å². The van der Waals surface area contributed by atoms with Gasteiger partial charge in [-0.25, -0.2) is 9.37 Å². The number of carbonyl (C=O) groups excluding carboxylic acids is 1. The van der Waals surface area contributed by atoms with Gasteiger partial charge in [0.05, 0.1) is 10.6 Å². The van der Waals surface area contributed by atoms with Gasteiger partial charge in [0.2, 0.25) is 0 Å². The number of hydrogen-bond donors (Lipinski definition) is 3. The molecule has 1 aromatic heterocycles. The van der Waals surface area contributed by atoms with E-state index in [4.69, 9.17) is 11.6 Å². The largest absolute Gasteiger partial charge is 0.386 e. The van der Waals surface area contributed by atoms with Crippen LogP contribution in [0.5, 0.6) is 0 Å². The normalized spacial score (nSPS) is 11.2. The summed E-state index contributed by atoms with van der Waals surface area (Å²) in [6, 6.07) is 15.1. The van der Waals surface area contributed by atoms with Crippen LogP contribution >= 0.6 is 11.6 Å². The van der Waals surface area contributed by atoms with Crippen LogP contribution in [-0.2, 0) is 12.0 Å². The molecule has 0 spiro atoms. The molecule has 2 aromatic carbocycles. The number of pyridine rings is 1. The van der Waals surface area contributed by atoms with E-state index in [1.165, 1.54) is 18.2 Å². The second-order valence-corrected chi connectivity index (χ2v) is 7.85. The Bertz CT molecular complexity index is 1030. The van der Waals surface area contributed by atoms with Gasteiger partial charge in [0, 0.05) is 24.0 Å². The number of benzene rings is 2. The molecule has 0 saturated carbocycles. The number of aliphatic hydroxyl groups is 1. The number of halogens is 2. The first-order valence-corrected chi connectivity index (χ1v) is 9.88. The van der Waals surface area contributed by atoms with Gasteiger partial charge in [0.15, 0.2) is 0 Å². The Hall–Kier alpha value is -2.96. The van der Waals surface area contributed by atoms with E-state index in [-0.39, 0.29) is 10.9 Å². The Balaban J connectivity index is 1.57. The number of nitrogens with zero attached hydrogens (tertiary/aromatic N) is 1. The summed E-state index contributed by atoms with van der Waals surface area (Å²) in [5.41, 5.74) is 1.95. The lowest BCUT2D eigenvalue weighted by Crippen LogP contribution is -2.15. The molecule has 0 atom stereocenters. The molecule has 0 radical (unpaired) electrons. The topological polar surface area (TPSA) is 74.2 Å². The van der Waals surface area contributed by atoms with Crippen LogP contribution in [0.15, 0.2) is 60.8 Å². The number of amides is 1. The van der Waals surface area contributed by atoms with Crippen LogP contribution in [0.3, 0.4) is 0 Å². The first kappa shape index (κ1) is 21.7. The lowest BCUT2D eigenvalue weighted by atomic mass is 9.97. The van der Waals surface area contributed by atoms with Crippen molar-refractivity contribution in [2.75, 3.05) is 17.2 Å². The van der Waals surface area contributed by atoms with Crippen LogP contribution in [0, 0.1) is 5.82 Å². The minimum Gasteiger partial charge on any atom is -0.386 e. The fourth-order valence-electron chi connectivity index (χ4n) is 2.86. The summed E-state index contributed by atoms with van der Waals surface area (Å²) in [7, 11) is 0. The van der Waals surface area contributed by atoms with E-state index >= 15 is 0 Å². The lowest BCUT2D eigenvalue weighted by Gasteiger charge is -2.17. The van der Waals surface area contributed by atoms with Gasteiger partial charge >= 0.3 is 0 Å². The lowest BCUT2D eigenvalue weighted by molar-refractivity contribution is 0.0786. The number of hydrogen-bond acceptors (Lipinski definition) is 4. The Labute approximate surface area is 179 Å². The van der Waals surface area contributed by atoms with Crippen molar-refractivity contribution >= 4 is 29.0 Å². The molecule has 0 aliphatic carbocycles. The summed E-state index contributed by atoms with van der Waals surface area (Å²) in [5.74, 6) is -0.307. The fourth-order valence-corrected chi connectivity index (χ4v) is 3.04. The third-order valence-electron chi connectivity index (χ3n) is 4.58. The molecule has 5 nitrogen and oxygen atoms in total. The van der Waals surface area contributed by atoms with Gasteiger partial charge in [-0.2, -0.15) is 0 Å². The first-order valence-electron chi connectivity index (χ1n) is 9.50. The van der Waals surface area contributed by atoms with Crippen LogP contribution in [0.2, 0.25) is 5.02 Å². The first-order chi connectivity index (χ1) is 14.2. The molecule has 0 bridgehead atoms. The van der Waals surface area contributed by atoms with Crippen molar-refractivity contribution in [2.45, 2.75) is 25.9 Å². The summed E-state index contributed by atoms with van der Waals surface area (Å²) >= 11 is 5.75. The molecular weight excluding hydrogens is 405 g/mol. The highest BCUT2D eigenvalue weighted by Gasteiger charge is 2.15. The molecule has 0 aliphatic heterocycles. The molecule has 1 amide bonds. The van der Waals surface area contributed by atoms with Crippen LogP contribution in [0.4, 0.5) is 15.9 Å². The maximum atomic E-state index is 13.3. The second-order valence-electron chi connectivity index (χ2n) is 7.45. The molecule has 0 saturated heterocycles. The van der Waals surface area contributed by atoms with E-state index in [0.717, 1.165) is 17.5 Å². The average Bonchev–Trinajstić information content (AvgIpc) is 2.71. The molecule has 30 heavy (non-hydrogen) atoms.